The predicted octanol–water partition coefficient (Wildman–Crippen LogP) is 1.88. The van der Waals surface area contributed by atoms with Gasteiger partial charge in [-0.1, -0.05) is 18.2 Å². The van der Waals surface area contributed by atoms with Gasteiger partial charge in [0, 0.05) is 6.42 Å². The molecule has 5 atom stereocenters. The van der Waals surface area contributed by atoms with Crippen molar-refractivity contribution in [2.75, 3.05) is 0 Å². The molecule has 30 heavy (non-hydrogen) atoms. The Hall–Kier alpha value is -2.52. The average molecular weight is 418 g/mol. The third-order valence-corrected chi connectivity index (χ3v) is 5.62. The lowest BCUT2D eigenvalue weighted by atomic mass is 9.85. The van der Waals surface area contributed by atoms with Crippen molar-refractivity contribution in [3.8, 4) is 0 Å². The third kappa shape index (κ3) is 4.46. The molecule has 0 saturated carbocycles. The van der Waals surface area contributed by atoms with Crippen molar-refractivity contribution in [3.05, 3.63) is 47.0 Å². The first-order valence-corrected chi connectivity index (χ1v) is 9.91. The van der Waals surface area contributed by atoms with E-state index < -0.39 is 42.5 Å². The minimum atomic E-state index is -1.40. The van der Waals surface area contributed by atoms with Crippen LogP contribution in [-0.2, 0) is 16.0 Å². The second-order valence-electron chi connectivity index (χ2n) is 7.71. The van der Waals surface area contributed by atoms with Gasteiger partial charge in [0.1, 0.15) is 24.4 Å². The summed E-state index contributed by atoms with van der Waals surface area (Å²) in [5.74, 6) is -1.93. The molecule has 1 heterocycles. The highest BCUT2D eigenvalue weighted by Gasteiger charge is 2.43. The fourth-order valence-electron chi connectivity index (χ4n) is 3.97. The molecular weight excluding hydrogens is 392 g/mol. The number of aliphatic hydroxyl groups excluding tert-OH is 3. The Morgan fingerprint density at radius 2 is 1.70 bits per heavy atom. The van der Waals surface area contributed by atoms with Crippen LogP contribution < -0.4 is 0 Å². The number of aromatic carboxylic acids is 1. The van der Waals surface area contributed by atoms with Gasteiger partial charge in [-0.15, -0.1) is 0 Å². The Kier molecular flexibility index (Phi) is 6.72. The monoisotopic (exact) mass is 418 g/mol. The Labute approximate surface area is 173 Å². The molecule has 0 spiro atoms. The summed E-state index contributed by atoms with van der Waals surface area (Å²) in [5.41, 5.74) is 1.55. The van der Waals surface area contributed by atoms with E-state index in [4.69, 9.17) is 9.84 Å². The highest BCUT2D eigenvalue weighted by atomic mass is 16.5. The van der Waals surface area contributed by atoms with Gasteiger partial charge < -0.3 is 30.3 Å². The van der Waals surface area contributed by atoms with Crippen molar-refractivity contribution in [2.45, 2.75) is 63.1 Å². The molecule has 1 saturated heterocycles. The van der Waals surface area contributed by atoms with Gasteiger partial charge in [-0.3, -0.25) is 4.79 Å². The van der Waals surface area contributed by atoms with E-state index in [0.29, 0.717) is 35.6 Å². The molecule has 0 aromatic heterocycles. The number of aliphatic carboxylic acids is 1. The Morgan fingerprint density at radius 1 is 0.967 bits per heavy atom. The van der Waals surface area contributed by atoms with Crippen LogP contribution in [0.5, 0.6) is 0 Å². The number of ether oxygens (including phenoxy) is 1. The normalized spacial score (nSPS) is 26.6. The van der Waals surface area contributed by atoms with Gasteiger partial charge in [0.15, 0.2) is 0 Å². The van der Waals surface area contributed by atoms with E-state index in [1.165, 1.54) is 12.1 Å². The molecule has 0 amide bonds. The van der Waals surface area contributed by atoms with Gasteiger partial charge in [0.2, 0.25) is 0 Å². The molecule has 162 valence electrons. The molecule has 1 fully saturated rings. The minimum Gasteiger partial charge on any atom is -0.481 e. The fraction of sp³-hybridized carbons (Fsp3) is 0.455. The van der Waals surface area contributed by atoms with Crippen LogP contribution in [0, 0.1) is 0 Å². The fourth-order valence-corrected chi connectivity index (χ4v) is 3.97. The van der Waals surface area contributed by atoms with Gasteiger partial charge in [-0.2, -0.15) is 0 Å². The number of unbranched alkanes of at least 4 members (excludes halogenated alkanes) is 1. The van der Waals surface area contributed by atoms with E-state index in [1.807, 2.05) is 6.07 Å². The molecule has 3 rings (SSSR count). The minimum absolute atomic E-state index is 0.0510. The standard InChI is InChI=1S/C22H26O8/c1-11-18(25)19(26)20(27)21(30-11)17-12(4-2-3-5-16(23)24)6-7-13-10-14(22(28)29)8-9-15(13)17/h6-11,18-21,25-27H,2-5H2,1H3,(H,23,24)(H,28,29). The number of benzene rings is 2. The Bertz CT molecular complexity index is 940. The van der Waals surface area contributed by atoms with Crippen molar-refractivity contribution >= 4 is 22.7 Å². The number of aliphatic hydroxyl groups is 3. The van der Waals surface area contributed by atoms with Crippen LogP contribution in [0.2, 0.25) is 0 Å². The molecule has 0 radical (unpaired) electrons. The average Bonchev–Trinajstić information content (AvgIpc) is 2.71. The van der Waals surface area contributed by atoms with E-state index in [0.717, 1.165) is 5.56 Å². The highest BCUT2D eigenvalue weighted by Crippen LogP contribution is 2.38. The number of carboxylic acids is 2. The smallest absolute Gasteiger partial charge is 0.335 e. The summed E-state index contributed by atoms with van der Waals surface area (Å²) in [6.45, 7) is 1.60. The molecule has 2 aromatic rings. The topological polar surface area (TPSA) is 145 Å². The number of hydrogen-bond acceptors (Lipinski definition) is 6. The first-order valence-electron chi connectivity index (χ1n) is 9.91. The molecule has 0 bridgehead atoms. The van der Waals surface area contributed by atoms with Crippen LogP contribution in [0.15, 0.2) is 30.3 Å². The summed E-state index contributed by atoms with van der Waals surface area (Å²) < 4.78 is 5.87. The van der Waals surface area contributed by atoms with Crippen LogP contribution in [0.25, 0.3) is 10.8 Å². The summed E-state index contributed by atoms with van der Waals surface area (Å²) in [6.07, 6.45) is -3.99. The van der Waals surface area contributed by atoms with Crippen LogP contribution in [0.4, 0.5) is 0 Å². The van der Waals surface area contributed by atoms with Crippen molar-refractivity contribution in [3.63, 3.8) is 0 Å². The van der Waals surface area contributed by atoms with E-state index in [-0.39, 0.29) is 12.0 Å². The van der Waals surface area contributed by atoms with Crippen LogP contribution in [0.1, 0.15) is 53.8 Å². The maximum Gasteiger partial charge on any atom is 0.335 e. The van der Waals surface area contributed by atoms with Gasteiger partial charge in [0.25, 0.3) is 0 Å². The SMILES string of the molecule is CC1OC(c2c(CCCCC(=O)O)ccc3cc(C(=O)O)ccc23)C(O)C(O)C1O. The quantitative estimate of drug-likeness (QED) is 0.429. The predicted molar refractivity (Wildman–Crippen MR) is 107 cm³/mol. The molecule has 8 heteroatoms. The van der Waals surface area contributed by atoms with Crippen molar-refractivity contribution in [2.24, 2.45) is 0 Å². The molecule has 5 N–H and O–H groups in total. The van der Waals surface area contributed by atoms with Crippen LogP contribution >= 0.6 is 0 Å². The lowest BCUT2D eigenvalue weighted by molar-refractivity contribution is -0.219. The lowest BCUT2D eigenvalue weighted by Gasteiger charge is -2.40. The van der Waals surface area contributed by atoms with Crippen molar-refractivity contribution in [1.82, 2.24) is 0 Å². The summed E-state index contributed by atoms with van der Waals surface area (Å²) in [5, 5.41) is 50.4. The van der Waals surface area contributed by atoms with Gasteiger partial charge in [-0.25, -0.2) is 4.79 Å². The number of rotatable bonds is 7. The summed E-state index contributed by atoms with van der Waals surface area (Å²) in [6, 6.07) is 8.22. The number of hydrogen-bond donors (Lipinski definition) is 5. The van der Waals surface area contributed by atoms with Crippen molar-refractivity contribution in [1.29, 1.82) is 0 Å². The second-order valence-corrected chi connectivity index (χ2v) is 7.71. The Morgan fingerprint density at radius 3 is 2.37 bits per heavy atom. The number of aryl methyl sites for hydroxylation is 1. The summed E-state index contributed by atoms with van der Waals surface area (Å²) >= 11 is 0. The van der Waals surface area contributed by atoms with E-state index in [2.05, 4.69) is 0 Å². The lowest BCUT2D eigenvalue weighted by Crippen LogP contribution is -2.53. The number of carbonyl (C=O) groups is 2. The van der Waals surface area contributed by atoms with E-state index in [1.54, 1.807) is 19.1 Å². The maximum absolute atomic E-state index is 11.3. The zero-order chi connectivity index (χ0) is 22.0. The molecule has 1 aliphatic rings. The largest absolute Gasteiger partial charge is 0.481 e. The second kappa shape index (κ2) is 9.09. The number of fused-ring (bicyclic) bond motifs is 1. The molecule has 0 aliphatic carbocycles. The van der Waals surface area contributed by atoms with Gasteiger partial charge in [-0.05, 0) is 60.2 Å². The molecule has 5 unspecified atom stereocenters. The third-order valence-electron chi connectivity index (χ3n) is 5.62. The molecular formula is C22H26O8. The summed E-state index contributed by atoms with van der Waals surface area (Å²) in [4.78, 5) is 22.1. The van der Waals surface area contributed by atoms with Crippen LogP contribution in [0.3, 0.4) is 0 Å². The van der Waals surface area contributed by atoms with E-state index >= 15 is 0 Å². The van der Waals surface area contributed by atoms with E-state index in [9.17, 15) is 30.0 Å². The maximum atomic E-state index is 11.3. The first-order chi connectivity index (χ1) is 14.2. The number of carboxylic acid groups (broad SMARTS) is 2. The van der Waals surface area contributed by atoms with Crippen molar-refractivity contribution < 1.29 is 39.9 Å². The zero-order valence-corrected chi connectivity index (χ0v) is 16.6. The highest BCUT2D eigenvalue weighted by molar-refractivity contribution is 5.96. The van der Waals surface area contributed by atoms with Gasteiger partial charge in [0.05, 0.1) is 11.7 Å². The van der Waals surface area contributed by atoms with Gasteiger partial charge >= 0.3 is 11.9 Å². The summed E-state index contributed by atoms with van der Waals surface area (Å²) in [7, 11) is 0. The molecule has 1 aliphatic heterocycles. The Balaban J connectivity index is 2.05. The first kappa shape index (κ1) is 22.2. The van der Waals surface area contributed by atoms with Crippen LogP contribution in [-0.4, -0.2) is 61.9 Å². The zero-order valence-electron chi connectivity index (χ0n) is 16.6. The molecule has 8 nitrogen and oxygen atoms in total. The molecule has 2 aromatic carbocycles.